The minimum Gasteiger partial charge on any atom is -0.478 e. The number of aromatic carboxylic acids is 1. The van der Waals surface area contributed by atoms with E-state index in [0.717, 1.165) is 10.4 Å². The van der Waals surface area contributed by atoms with Gasteiger partial charge >= 0.3 is 5.97 Å². The Morgan fingerprint density at radius 2 is 2.00 bits per heavy atom. The second-order valence-electron chi connectivity index (χ2n) is 4.55. The quantitative estimate of drug-likeness (QED) is 0.885. The van der Waals surface area contributed by atoms with Gasteiger partial charge in [-0.2, -0.15) is 0 Å². The summed E-state index contributed by atoms with van der Waals surface area (Å²) in [5.41, 5.74) is 1.38. The van der Waals surface area contributed by atoms with Crippen molar-refractivity contribution in [3.8, 4) is 0 Å². The highest BCUT2D eigenvalue weighted by molar-refractivity contribution is 7.16. The molecule has 0 aliphatic heterocycles. The van der Waals surface area contributed by atoms with Crippen molar-refractivity contribution in [2.45, 2.75) is 20.3 Å². The van der Waals surface area contributed by atoms with E-state index in [1.165, 1.54) is 11.3 Å². The minimum absolute atomic E-state index is 0.105. The molecular weight excluding hydrogens is 310 g/mol. The lowest BCUT2D eigenvalue weighted by Gasteiger charge is -2.06. The average molecular weight is 324 g/mol. The van der Waals surface area contributed by atoms with Gasteiger partial charge in [0.2, 0.25) is 0 Å². The summed E-state index contributed by atoms with van der Waals surface area (Å²) in [4.78, 5) is 24.3. The molecule has 0 fully saturated rings. The van der Waals surface area contributed by atoms with Crippen LogP contribution in [0.4, 0.5) is 5.00 Å². The number of halogens is 1. The normalized spacial score (nSPS) is 10.4. The van der Waals surface area contributed by atoms with E-state index < -0.39 is 11.9 Å². The highest BCUT2D eigenvalue weighted by Gasteiger charge is 2.18. The fourth-order valence-electron chi connectivity index (χ4n) is 1.84. The van der Waals surface area contributed by atoms with E-state index in [2.05, 4.69) is 5.32 Å². The first-order chi connectivity index (χ1) is 9.92. The van der Waals surface area contributed by atoms with E-state index in [-0.39, 0.29) is 5.56 Å². The van der Waals surface area contributed by atoms with Crippen LogP contribution < -0.4 is 5.32 Å². The largest absolute Gasteiger partial charge is 0.478 e. The number of thiophene rings is 1. The number of benzene rings is 1. The molecule has 0 aliphatic carbocycles. The molecule has 2 rings (SSSR count). The first kappa shape index (κ1) is 15.5. The summed E-state index contributed by atoms with van der Waals surface area (Å²) in [5.74, 6) is -1.47. The van der Waals surface area contributed by atoms with Crippen molar-refractivity contribution in [3.05, 3.63) is 50.9 Å². The van der Waals surface area contributed by atoms with Crippen LogP contribution in [0, 0.1) is 6.92 Å². The molecule has 4 nitrogen and oxygen atoms in total. The molecule has 1 amide bonds. The molecule has 0 bridgehead atoms. The van der Waals surface area contributed by atoms with Crippen LogP contribution in [0.1, 0.15) is 38.1 Å². The molecule has 1 heterocycles. The Kier molecular flexibility index (Phi) is 4.65. The zero-order valence-electron chi connectivity index (χ0n) is 11.6. The molecule has 0 atom stereocenters. The SMILES string of the molecule is CCc1cc(C(=O)O)c(NC(=O)c2ccc(C)cc2Cl)s1. The van der Waals surface area contributed by atoms with Crippen LogP contribution in [0.3, 0.4) is 0 Å². The standard InChI is InChI=1S/C15H14ClNO3S/c1-3-9-7-11(15(19)20)14(21-9)17-13(18)10-5-4-8(2)6-12(10)16/h4-7H,3H2,1-2H3,(H,17,18)(H,19,20). The first-order valence-corrected chi connectivity index (χ1v) is 7.55. The molecule has 2 N–H and O–H groups in total. The van der Waals surface area contributed by atoms with Gasteiger partial charge in [-0.1, -0.05) is 24.6 Å². The highest BCUT2D eigenvalue weighted by atomic mass is 35.5. The van der Waals surface area contributed by atoms with Crippen LogP contribution in [-0.4, -0.2) is 17.0 Å². The fourth-order valence-corrected chi connectivity index (χ4v) is 3.15. The van der Waals surface area contributed by atoms with Gasteiger partial charge in [-0.3, -0.25) is 4.79 Å². The van der Waals surface area contributed by atoms with Gasteiger partial charge in [0.25, 0.3) is 5.91 Å². The second-order valence-corrected chi connectivity index (χ2v) is 6.10. The van der Waals surface area contributed by atoms with Gasteiger partial charge in [-0.05, 0) is 37.1 Å². The fraction of sp³-hybridized carbons (Fsp3) is 0.200. The van der Waals surface area contributed by atoms with Gasteiger partial charge < -0.3 is 10.4 Å². The highest BCUT2D eigenvalue weighted by Crippen LogP contribution is 2.29. The molecule has 0 saturated heterocycles. The Morgan fingerprint density at radius 1 is 1.29 bits per heavy atom. The van der Waals surface area contributed by atoms with Crippen LogP contribution in [0.15, 0.2) is 24.3 Å². The Bertz CT molecular complexity index is 709. The molecule has 0 aliphatic rings. The van der Waals surface area contributed by atoms with Crippen LogP contribution in [0.2, 0.25) is 5.02 Å². The molecule has 0 radical (unpaired) electrons. The third-order valence-electron chi connectivity index (χ3n) is 2.96. The maximum Gasteiger partial charge on any atom is 0.338 e. The molecule has 0 saturated carbocycles. The number of nitrogens with one attached hydrogen (secondary N) is 1. The maximum absolute atomic E-state index is 12.2. The molecule has 1 aromatic heterocycles. The van der Waals surface area contributed by atoms with Gasteiger partial charge in [0.15, 0.2) is 0 Å². The Labute approximate surface area is 131 Å². The Hall–Kier alpha value is -1.85. The first-order valence-electron chi connectivity index (χ1n) is 6.36. The van der Waals surface area contributed by atoms with Crippen molar-refractivity contribution in [1.82, 2.24) is 0 Å². The van der Waals surface area contributed by atoms with Crippen LogP contribution in [0.25, 0.3) is 0 Å². The summed E-state index contributed by atoms with van der Waals surface area (Å²) in [6.07, 6.45) is 0.714. The number of hydrogen-bond donors (Lipinski definition) is 2. The van der Waals surface area contributed by atoms with E-state index in [1.807, 2.05) is 13.8 Å². The van der Waals surface area contributed by atoms with Crippen molar-refractivity contribution in [2.24, 2.45) is 0 Å². The molecule has 1 aromatic carbocycles. The van der Waals surface area contributed by atoms with Crippen LogP contribution >= 0.6 is 22.9 Å². The van der Waals surface area contributed by atoms with E-state index in [1.54, 1.807) is 24.3 Å². The number of carboxylic acids is 1. The van der Waals surface area contributed by atoms with E-state index in [4.69, 9.17) is 11.6 Å². The van der Waals surface area contributed by atoms with Crippen LogP contribution in [-0.2, 0) is 6.42 Å². The smallest absolute Gasteiger partial charge is 0.338 e. The lowest BCUT2D eigenvalue weighted by Crippen LogP contribution is -2.13. The number of anilines is 1. The zero-order chi connectivity index (χ0) is 15.6. The zero-order valence-corrected chi connectivity index (χ0v) is 13.1. The lowest BCUT2D eigenvalue weighted by atomic mass is 10.1. The Morgan fingerprint density at radius 3 is 2.57 bits per heavy atom. The summed E-state index contributed by atoms with van der Waals surface area (Å²) >= 11 is 7.32. The Balaban J connectivity index is 2.31. The van der Waals surface area contributed by atoms with Gasteiger partial charge in [-0.15, -0.1) is 11.3 Å². The predicted molar refractivity (Wildman–Crippen MR) is 84.8 cm³/mol. The number of amides is 1. The summed E-state index contributed by atoms with van der Waals surface area (Å²) < 4.78 is 0. The average Bonchev–Trinajstić information content (AvgIpc) is 2.81. The van der Waals surface area contributed by atoms with Gasteiger partial charge in [-0.25, -0.2) is 4.79 Å². The summed E-state index contributed by atoms with van der Waals surface area (Å²) in [6.45, 7) is 3.81. The van der Waals surface area contributed by atoms with Gasteiger partial charge in [0.05, 0.1) is 16.1 Å². The topological polar surface area (TPSA) is 66.4 Å². The maximum atomic E-state index is 12.2. The van der Waals surface area contributed by atoms with E-state index in [9.17, 15) is 14.7 Å². The third kappa shape index (κ3) is 3.43. The number of aryl methyl sites for hydroxylation is 2. The number of hydrogen-bond acceptors (Lipinski definition) is 3. The molecular formula is C15H14ClNO3S. The lowest BCUT2D eigenvalue weighted by molar-refractivity contribution is 0.0698. The minimum atomic E-state index is -1.06. The number of carboxylic acid groups (broad SMARTS) is 1. The van der Waals surface area contributed by atoms with Crippen molar-refractivity contribution in [1.29, 1.82) is 0 Å². The van der Waals surface area contributed by atoms with Gasteiger partial charge in [0.1, 0.15) is 5.00 Å². The van der Waals surface area contributed by atoms with Crippen molar-refractivity contribution in [3.63, 3.8) is 0 Å². The van der Waals surface area contributed by atoms with Crippen molar-refractivity contribution >= 4 is 39.8 Å². The van der Waals surface area contributed by atoms with Crippen LogP contribution in [0.5, 0.6) is 0 Å². The number of carbonyl (C=O) groups excluding carboxylic acids is 1. The molecule has 110 valence electrons. The molecule has 0 unspecified atom stereocenters. The summed E-state index contributed by atoms with van der Waals surface area (Å²) in [7, 11) is 0. The van der Waals surface area contributed by atoms with Crippen molar-refractivity contribution in [2.75, 3.05) is 5.32 Å². The summed E-state index contributed by atoms with van der Waals surface area (Å²) in [5, 5.41) is 12.5. The molecule has 6 heteroatoms. The summed E-state index contributed by atoms with van der Waals surface area (Å²) in [6, 6.07) is 6.69. The number of rotatable bonds is 4. The van der Waals surface area contributed by atoms with E-state index in [0.29, 0.717) is 22.0 Å². The predicted octanol–water partition coefficient (Wildman–Crippen LogP) is 4.22. The monoisotopic (exact) mass is 323 g/mol. The second kappa shape index (κ2) is 6.28. The number of carbonyl (C=O) groups is 2. The van der Waals surface area contributed by atoms with Gasteiger partial charge in [0, 0.05) is 4.88 Å². The third-order valence-corrected chi connectivity index (χ3v) is 4.47. The van der Waals surface area contributed by atoms with E-state index >= 15 is 0 Å². The van der Waals surface area contributed by atoms with Crippen molar-refractivity contribution < 1.29 is 14.7 Å². The molecule has 2 aromatic rings. The molecule has 21 heavy (non-hydrogen) atoms. The molecule has 0 spiro atoms.